The van der Waals surface area contributed by atoms with Gasteiger partial charge in [-0.1, -0.05) is 16.8 Å². The molecule has 2 heterocycles. The van der Waals surface area contributed by atoms with E-state index in [2.05, 4.69) is 16.2 Å². The third-order valence-corrected chi connectivity index (χ3v) is 5.65. The third-order valence-electron chi connectivity index (χ3n) is 5.65. The quantitative estimate of drug-likeness (QED) is 0.741. The zero-order chi connectivity index (χ0) is 17.2. The highest BCUT2D eigenvalue weighted by Crippen LogP contribution is 2.40. The monoisotopic (exact) mass is 345 g/mol. The van der Waals surface area contributed by atoms with Gasteiger partial charge in [0.15, 0.2) is 5.82 Å². The fourth-order valence-electron chi connectivity index (χ4n) is 4.01. The fourth-order valence-corrected chi connectivity index (χ4v) is 4.01. The van der Waals surface area contributed by atoms with Gasteiger partial charge >= 0.3 is 0 Å². The maximum Gasteiger partial charge on any atom is 0.231 e. The van der Waals surface area contributed by atoms with Crippen molar-refractivity contribution >= 4 is 5.91 Å². The average Bonchev–Trinajstić information content (AvgIpc) is 3.20. The number of rotatable bonds is 6. The van der Waals surface area contributed by atoms with Crippen LogP contribution in [0.2, 0.25) is 0 Å². The molecule has 25 heavy (non-hydrogen) atoms. The number of ether oxygens (including phenoxy) is 1. The molecule has 1 amide bonds. The molecule has 0 unspecified atom stereocenters. The van der Waals surface area contributed by atoms with Crippen molar-refractivity contribution in [2.24, 2.45) is 5.92 Å². The van der Waals surface area contributed by atoms with Crippen LogP contribution in [0.25, 0.3) is 0 Å². The smallest absolute Gasteiger partial charge is 0.231 e. The van der Waals surface area contributed by atoms with E-state index >= 15 is 0 Å². The van der Waals surface area contributed by atoms with Gasteiger partial charge in [0.1, 0.15) is 0 Å². The molecule has 1 aromatic rings. The van der Waals surface area contributed by atoms with Crippen molar-refractivity contribution in [1.82, 2.24) is 15.0 Å². The summed E-state index contributed by atoms with van der Waals surface area (Å²) >= 11 is 0. The van der Waals surface area contributed by atoms with Gasteiger partial charge in [-0.2, -0.15) is 4.98 Å². The zero-order valence-corrected chi connectivity index (χ0v) is 14.9. The van der Waals surface area contributed by atoms with Crippen molar-refractivity contribution in [1.29, 1.82) is 0 Å². The molecule has 1 saturated carbocycles. The number of methoxy groups -OCH3 is 1. The van der Waals surface area contributed by atoms with Gasteiger partial charge in [-0.25, -0.2) is 0 Å². The fraction of sp³-hybridized carbons (Fsp3) is 0.737. The number of amides is 1. The molecule has 6 nitrogen and oxygen atoms in total. The minimum atomic E-state index is 0.0873. The summed E-state index contributed by atoms with van der Waals surface area (Å²) in [5, 5.41) is 4.14. The summed E-state index contributed by atoms with van der Waals surface area (Å²) < 4.78 is 10.9. The Morgan fingerprint density at radius 3 is 2.96 bits per heavy atom. The highest BCUT2D eigenvalue weighted by molar-refractivity contribution is 5.79. The minimum Gasteiger partial charge on any atom is -0.384 e. The maximum absolute atomic E-state index is 12.7. The van der Waals surface area contributed by atoms with Gasteiger partial charge in [0, 0.05) is 38.5 Å². The molecule has 2 aliphatic carbocycles. The molecule has 1 aromatic heterocycles. The number of aromatic nitrogens is 2. The van der Waals surface area contributed by atoms with Gasteiger partial charge in [-0.05, 0) is 38.5 Å². The summed E-state index contributed by atoms with van der Waals surface area (Å²) in [6.07, 6.45) is 9.77. The zero-order valence-electron chi connectivity index (χ0n) is 14.9. The molecule has 1 saturated heterocycles. The molecule has 136 valence electrons. The number of carbonyl (C=O) groups excluding carboxylic acids is 1. The molecule has 0 bridgehead atoms. The van der Waals surface area contributed by atoms with E-state index in [1.54, 1.807) is 7.11 Å². The lowest BCUT2D eigenvalue weighted by molar-refractivity contribution is -0.129. The summed E-state index contributed by atoms with van der Waals surface area (Å²) in [5.74, 6) is 2.53. The lowest BCUT2D eigenvalue weighted by Gasteiger charge is -2.19. The van der Waals surface area contributed by atoms with Gasteiger partial charge in [-0.15, -0.1) is 0 Å². The van der Waals surface area contributed by atoms with Gasteiger partial charge in [0.2, 0.25) is 11.8 Å². The Balaban J connectivity index is 1.43. The average molecular weight is 345 g/mol. The van der Waals surface area contributed by atoms with Crippen LogP contribution in [0.1, 0.15) is 68.5 Å². The second kappa shape index (κ2) is 7.28. The van der Waals surface area contributed by atoms with E-state index in [-0.39, 0.29) is 17.7 Å². The largest absolute Gasteiger partial charge is 0.384 e. The van der Waals surface area contributed by atoms with Crippen LogP contribution in [-0.4, -0.2) is 47.8 Å². The van der Waals surface area contributed by atoms with Crippen molar-refractivity contribution in [3.05, 3.63) is 23.4 Å². The molecule has 0 aromatic carbocycles. The standard InChI is InChI=1S/C19H27N3O3/c1-24-12-15-10-22(17(23)9-13-5-3-2-4-6-13)11-16(15)19-20-18(21-25-19)14-7-8-14/h5,14-16H,2-4,6-12H2,1H3/t15-,16+/m0/s1. The molecule has 6 heteroatoms. The Morgan fingerprint density at radius 1 is 1.36 bits per heavy atom. The highest BCUT2D eigenvalue weighted by Gasteiger charge is 2.40. The van der Waals surface area contributed by atoms with Gasteiger partial charge in [0.05, 0.1) is 12.5 Å². The molecule has 3 aliphatic rings. The number of allylic oxidation sites excluding steroid dienone is 1. The highest BCUT2D eigenvalue weighted by atomic mass is 16.5. The number of hydrogen-bond donors (Lipinski definition) is 0. The Hall–Kier alpha value is -1.69. The van der Waals surface area contributed by atoms with Crippen LogP contribution < -0.4 is 0 Å². The first-order valence-corrected chi connectivity index (χ1v) is 9.52. The number of nitrogens with zero attached hydrogens (tertiary/aromatic N) is 3. The van der Waals surface area contributed by atoms with Crippen LogP contribution in [0.5, 0.6) is 0 Å². The second-order valence-corrected chi connectivity index (χ2v) is 7.67. The van der Waals surface area contributed by atoms with Crippen molar-refractivity contribution < 1.29 is 14.1 Å². The SMILES string of the molecule is COC[C@@H]1CN(C(=O)CC2=CCCCC2)C[C@H]1c1nc(C2CC2)no1. The van der Waals surface area contributed by atoms with E-state index in [0.29, 0.717) is 37.9 Å². The minimum absolute atomic E-state index is 0.0873. The van der Waals surface area contributed by atoms with Crippen LogP contribution >= 0.6 is 0 Å². The first-order valence-electron chi connectivity index (χ1n) is 9.52. The van der Waals surface area contributed by atoms with E-state index < -0.39 is 0 Å². The van der Waals surface area contributed by atoms with E-state index in [9.17, 15) is 4.79 Å². The topological polar surface area (TPSA) is 68.5 Å². The van der Waals surface area contributed by atoms with Gasteiger partial charge in [0.25, 0.3) is 0 Å². The van der Waals surface area contributed by atoms with Crippen molar-refractivity contribution in [2.75, 3.05) is 26.8 Å². The van der Waals surface area contributed by atoms with Crippen LogP contribution in [0.3, 0.4) is 0 Å². The van der Waals surface area contributed by atoms with Crippen molar-refractivity contribution in [3.63, 3.8) is 0 Å². The summed E-state index contributed by atoms with van der Waals surface area (Å²) in [7, 11) is 1.71. The lowest BCUT2D eigenvalue weighted by Crippen LogP contribution is -2.29. The number of likely N-dealkylation sites (tertiary alicyclic amines) is 1. The predicted octanol–water partition coefficient (Wildman–Crippen LogP) is 3.03. The molecule has 4 rings (SSSR count). The van der Waals surface area contributed by atoms with Crippen LogP contribution in [0.4, 0.5) is 0 Å². The normalized spacial score (nSPS) is 26.8. The molecule has 2 fully saturated rings. The van der Waals surface area contributed by atoms with E-state index in [1.807, 2.05) is 4.90 Å². The van der Waals surface area contributed by atoms with E-state index in [0.717, 1.165) is 31.5 Å². The van der Waals surface area contributed by atoms with Crippen molar-refractivity contribution in [2.45, 2.75) is 56.8 Å². The van der Waals surface area contributed by atoms with Crippen LogP contribution in [0, 0.1) is 5.92 Å². The molecule has 0 spiro atoms. The van der Waals surface area contributed by atoms with Crippen LogP contribution in [-0.2, 0) is 9.53 Å². The van der Waals surface area contributed by atoms with Crippen LogP contribution in [0.15, 0.2) is 16.2 Å². The van der Waals surface area contributed by atoms with Gasteiger partial charge in [-0.3, -0.25) is 4.79 Å². The van der Waals surface area contributed by atoms with E-state index in [1.165, 1.54) is 18.4 Å². The third kappa shape index (κ3) is 3.78. The summed E-state index contributed by atoms with van der Waals surface area (Å²) in [5.41, 5.74) is 1.30. The molecule has 2 atom stereocenters. The first kappa shape index (κ1) is 16.8. The molecule has 0 N–H and O–H groups in total. The molecular weight excluding hydrogens is 318 g/mol. The lowest BCUT2D eigenvalue weighted by atomic mass is 9.97. The summed E-state index contributed by atoms with van der Waals surface area (Å²) in [6, 6.07) is 0. The molecule has 0 radical (unpaired) electrons. The van der Waals surface area contributed by atoms with Gasteiger partial charge < -0.3 is 14.2 Å². The van der Waals surface area contributed by atoms with E-state index in [4.69, 9.17) is 9.26 Å². The maximum atomic E-state index is 12.7. The molecular formula is C19H27N3O3. The first-order chi connectivity index (χ1) is 12.2. The second-order valence-electron chi connectivity index (χ2n) is 7.67. The Bertz CT molecular complexity index is 650. The Kier molecular flexibility index (Phi) is 4.88. The summed E-state index contributed by atoms with van der Waals surface area (Å²) in [4.78, 5) is 19.3. The summed E-state index contributed by atoms with van der Waals surface area (Å²) in [6.45, 7) is 1.98. The predicted molar refractivity (Wildman–Crippen MR) is 92.1 cm³/mol. The van der Waals surface area contributed by atoms with Crippen molar-refractivity contribution in [3.8, 4) is 0 Å². The Morgan fingerprint density at radius 2 is 2.24 bits per heavy atom. The molecule has 1 aliphatic heterocycles. The Labute approximate surface area is 148 Å². The number of hydrogen-bond acceptors (Lipinski definition) is 5. The number of carbonyl (C=O) groups is 1.